The minimum absolute atomic E-state index is 0.427. The molecule has 0 N–H and O–H groups in total. The fraction of sp³-hybridized carbons (Fsp3) is 0.778. The van der Waals surface area contributed by atoms with Gasteiger partial charge in [0, 0.05) is 6.54 Å². The van der Waals surface area contributed by atoms with Crippen molar-refractivity contribution in [3.05, 3.63) is 11.1 Å². The van der Waals surface area contributed by atoms with Gasteiger partial charge in [0.25, 0.3) is 0 Å². The van der Waals surface area contributed by atoms with Crippen LogP contribution in [0.15, 0.2) is 0 Å². The van der Waals surface area contributed by atoms with Crippen LogP contribution in [0.1, 0.15) is 32.0 Å². The van der Waals surface area contributed by atoms with Crippen LogP contribution in [0.25, 0.3) is 0 Å². The standard InChI is InChI=1S/C9H14ClN3/c1-7-11-12-8(10)13(7)6-9(2)4-3-5-9/h3-6H2,1-2H3. The van der Waals surface area contributed by atoms with Crippen LogP contribution < -0.4 is 0 Å². The first-order valence-corrected chi connectivity index (χ1v) is 5.04. The molecule has 0 radical (unpaired) electrons. The third-order valence-electron chi connectivity index (χ3n) is 2.99. The van der Waals surface area contributed by atoms with E-state index in [0.717, 1.165) is 12.4 Å². The largest absolute Gasteiger partial charge is 0.301 e. The molecule has 2 rings (SSSR count). The third kappa shape index (κ3) is 1.57. The molecule has 72 valence electrons. The molecule has 1 saturated carbocycles. The van der Waals surface area contributed by atoms with Crippen LogP contribution in [-0.4, -0.2) is 14.8 Å². The molecule has 0 aromatic carbocycles. The molecule has 13 heavy (non-hydrogen) atoms. The molecular formula is C9H14ClN3. The maximum absolute atomic E-state index is 5.92. The van der Waals surface area contributed by atoms with Gasteiger partial charge >= 0.3 is 0 Å². The summed E-state index contributed by atoms with van der Waals surface area (Å²) in [4.78, 5) is 0. The molecule has 0 amide bonds. The Hall–Kier alpha value is -0.570. The van der Waals surface area contributed by atoms with Crippen molar-refractivity contribution in [3.8, 4) is 0 Å². The van der Waals surface area contributed by atoms with Crippen molar-refractivity contribution in [2.24, 2.45) is 5.41 Å². The number of hydrogen-bond acceptors (Lipinski definition) is 2. The fourth-order valence-electron chi connectivity index (χ4n) is 1.85. The molecule has 1 fully saturated rings. The summed E-state index contributed by atoms with van der Waals surface area (Å²) in [5, 5.41) is 8.30. The monoisotopic (exact) mass is 199 g/mol. The van der Waals surface area contributed by atoms with Crippen LogP contribution in [0, 0.1) is 12.3 Å². The van der Waals surface area contributed by atoms with Gasteiger partial charge in [-0.15, -0.1) is 10.2 Å². The number of nitrogens with zero attached hydrogens (tertiary/aromatic N) is 3. The predicted octanol–water partition coefficient (Wildman–Crippen LogP) is 2.43. The van der Waals surface area contributed by atoms with E-state index in [0.29, 0.717) is 10.7 Å². The van der Waals surface area contributed by atoms with Crippen molar-refractivity contribution < 1.29 is 0 Å². The zero-order chi connectivity index (χ0) is 9.47. The van der Waals surface area contributed by atoms with Gasteiger partial charge in [-0.25, -0.2) is 0 Å². The summed E-state index contributed by atoms with van der Waals surface area (Å²) in [5.41, 5.74) is 0.427. The molecule has 1 aromatic rings. The summed E-state index contributed by atoms with van der Waals surface area (Å²) >= 11 is 5.92. The summed E-state index contributed by atoms with van der Waals surface area (Å²) in [5.74, 6) is 0.915. The summed E-state index contributed by atoms with van der Waals surface area (Å²) in [7, 11) is 0. The average molecular weight is 200 g/mol. The van der Waals surface area contributed by atoms with Crippen LogP contribution in [0.4, 0.5) is 0 Å². The highest BCUT2D eigenvalue weighted by Gasteiger charge is 2.33. The van der Waals surface area contributed by atoms with Crippen LogP contribution in [0.5, 0.6) is 0 Å². The minimum atomic E-state index is 0.427. The van der Waals surface area contributed by atoms with Gasteiger partial charge in [-0.2, -0.15) is 0 Å². The first kappa shape index (κ1) is 9.00. The number of rotatable bonds is 2. The minimum Gasteiger partial charge on any atom is -0.301 e. The molecule has 4 heteroatoms. The van der Waals surface area contributed by atoms with E-state index < -0.39 is 0 Å². The number of aromatic nitrogens is 3. The zero-order valence-electron chi connectivity index (χ0n) is 8.05. The van der Waals surface area contributed by atoms with Crippen LogP contribution in [0.3, 0.4) is 0 Å². The lowest BCUT2D eigenvalue weighted by Crippen LogP contribution is -2.31. The molecule has 1 aromatic heterocycles. The quantitative estimate of drug-likeness (QED) is 0.733. The average Bonchev–Trinajstić information content (AvgIpc) is 2.33. The molecule has 1 aliphatic rings. The number of hydrogen-bond donors (Lipinski definition) is 0. The highest BCUT2D eigenvalue weighted by molar-refractivity contribution is 6.28. The van der Waals surface area contributed by atoms with E-state index in [-0.39, 0.29) is 0 Å². The summed E-state index contributed by atoms with van der Waals surface area (Å²) in [6, 6.07) is 0. The van der Waals surface area contributed by atoms with Gasteiger partial charge in [0.1, 0.15) is 5.82 Å². The molecular weight excluding hydrogens is 186 g/mol. The molecule has 0 saturated heterocycles. The lowest BCUT2D eigenvalue weighted by molar-refractivity contribution is 0.131. The van der Waals surface area contributed by atoms with Gasteiger partial charge in [-0.05, 0) is 36.8 Å². The Morgan fingerprint density at radius 3 is 2.54 bits per heavy atom. The van der Waals surface area contributed by atoms with Crippen molar-refractivity contribution in [1.82, 2.24) is 14.8 Å². The van der Waals surface area contributed by atoms with Gasteiger partial charge in [0.05, 0.1) is 0 Å². The van der Waals surface area contributed by atoms with Crippen molar-refractivity contribution in [2.45, 2.75) is 39.7 Å². The van der Waals surface area contributed by atoms with Crippen molar-refractivity contribution in [2.75, 3.05) is 0 Å². The van der Waals surface area contributed by atoms with E-state index in [1.54, 1.807) is 0 Å². The van der Waals surface area contributed by atoms with E-state index in [9.17, 15) is 0 Å². The highest BCUT2D eigenvalue weighted by Crippen LogP contribution is 2.42. The molecule has 0 atom stereocenters. The van der Waals surface area contributed by atoms with E-state index in [1.807, 2.05) is 11.5 Å². The van der Waals surface area contributed by atoms with Gasteiger partial charge in [-0.1, -0.05) is 13.3 Å². The van der Waals surface area contributed by atoms with Crippen LogP contribution in [-0.2, 0) is 6.54 Å². The number of halogens is 1. The van der Waals surface area contributed by atoms with Gasteiger partial charge < -0.3 is 4.57 Å². The predicted molar refractivity (Wildman–Crippen MR) is 51.7 cm³/mol. The van der Waals surface area contributed by atoms with E-state index in [4.69, 9.17) is 11.6 Å². The van der Waals surface area contributed by atoms with E-state index in [2.05, 4.69) is 17.1 Å². The highest BCUT2D eigenvalue weighted by atomic mass is 35.5. The van der Waals surface area contributed by atoms with Gasteiger partial charge in [-0.3, -0.25) is 0 Å². The lowest BCUT2D eigenvalue weighted by atomic mass is 9.70. The maximum Gasteiger partial charge on any atom is 0.225 e. The van der Waals surface area contributed by atoms with Crippen LogP contribution >= 0.6 is 11.6 Å². The summed E-state index contributed by atoms with van der Waals surface area (Å²) < 4.78 is 2.00. The molecule has 3 nitrogen and oxygen atoms in total. The van der Waals surface area contributed by atoms with Crippen LogP contribution in [0.2, 0.25) is 5.28 Å². The normalized spacial score (nSPS) is 19.9. The molecule has 1 heterocycles. The summed E-state index contributed by atoms with van der Waals surface area (Å²) in [6.07, 6.45) is 3.93. The molecule has 0 unspecified atom stereocenters. The topological polar surface area (TPSA) is 30.7 Å². The SMILES string of the molecule is Cc1nnc(Cl)n1CC1(C)CCC1. The third-order valence-corrected chi connectivity index (χ3v) is 3.27. The Labute approximate surface area is 83.1 Å². The van der Waals surface area contributed by atoms with Gasteiger partial charge in [0.15, 0.2) is 0 Å². The fourth-order valence-corrected chi connectivity index (χ4v) is 2.07. The Balaban J connectivity index is 2.17. The second-order valence-electron chi connectivity index (χ2n) is 4.27. The maximum atomic E-state index is 5.92. The summed E-state index contributed by atoms with van der Waals surface area (Å²) in [6.45, 7) is 5.21. The zero-order valence-corrected chi connectivity index (χ0v) is 8.80. The molecule has 1 aliphatic carbocycles. The van der Waals surface area contributed by atoms with E-state index >= 15 is 0 Å². The Bertz CT molecular complexity index is 295. The molecule has 0 spiro atoms. The van der Waals surface area contributed by atoms with Crippen molar-refractivity contribution >= 4 is 11.6 Å². The molecule has 0 bridgehead atoms. The first-order chi connectivity index (χ1) is 6.11. The van der Waals surface area contributed by atoms with Crippen molar-refractivity contribution in [3.63, 3.8) is 0 Å². The first-order valence-electron chi connectivity index (χ1n) is 4.66. The Morgan fingerprint density at radius 2 is 2.15 bits per heavy atom. The Kier molecular flexibility index (Phi) is 2.06. The number of aryl methyl sites for hydroxylation is 1. The van der Waals surface area contributed by atoms with Crippen molar-refractivity contribution in [1.29, 1.82) is 0 Å². The smallest absolute Gasteiger partial charge is 0.225 e. The lowest BCUT2D eigenvalue weighted by Gasteiger charge is -2.38. The molecule has 0 aliphatic heterocycles. The van der Waals surface area contributed by atoms with Gasteiger partial charge in [0.2, 0.25) is 5.28 Å². The van der Waals surface area contributed by atoms with E-state index in [1.165, 1.54) is 19.3 Å². The second kappa shape index (κ2) is 2.98. The Morgan fingerprint density at radius 1 is 1.46 bits per heavy atom. The second-order valence-corrected chi connectivity index (χ2v) is 4.60.